The maximum absolute atomic E-state index is 13.9. The Morgan fingerprint density at radius 3 is 1.24 bits per heavy atom. The molecule has 72 heavy (non-hydrogen) atoms. The molecule has 9 aromatic rings. The Hall–Kier alpha value is -9.16. The van der Waals surface area contributed by atoms with Crippen LogP contribution in [0, 0.1) is 0 Å². The van der Waals surface area contributed by atoms with Gasteiger partial charge in [-0.1, -0.05) is 90.7 Å². The minimum absolute atomic E-state index is 0.174. The molecule has 0 radical (unpaired) electrons. The number of hydrogen-bond donors (Lipinski definition) is 0. The van der Waals surface area contributed by atoms with Gasteiger partial charge in [0.2, 0.25) is 0 Å². The Balaban J connectivity index is 0.802. The van der Waals surface area contributed by atoms with E-state index in [2.05, 4.69) is 29.4 Å². The lowest BCUT2D eigenvalue weighted by Gasteiger charge is -2.32. The van der Waals surface area contributed by atoms with Crippen LogP contribution in [0.2, 0.25) is 0 Å². The molecule has 0 atom stereocenters. The Bertz CT molecular complexity index is 3450. The van der Waals surface area contributed by atoms with E-state index in [0.717, 1.165) is 55.0 Å². The topological polar surface area (TPSA) is 135 Å². The highest BCUT2D eigenvalue weighted by atomic mass is 16.5. The van der Waals surface area contributed by atoms with Crippen LogP contribution in [0.25, 0.3) is 49.2 Å². The van der Waals surface area contributed by atoms with E-state index in [4.69, 9.17) is 18.9 Å². The van der Waals surface area contributed by atoms with Crippen LogP contribution in [-0.4, -0.2) is 88.6 Å². The lowest BCUT2D eigenvalue weighted by Crippen LogP contribution is -2.33. The van der Waals surface area contributed by atoms with Gasteiger partial charge in [-0.25, -0.2) is 4.58 Å². The number of ketones is 1. The van der Waals surface area contributed by atoms with Gasteiger partial charge in [-0.2, -0.15) is 0 Å². The molecule has 11 rings (SSSR count). The number of para-hydroxylation sites is 4. The Morgan fingerprint density at radius 1 is 0.444 bits per heavy atom. The number of carbonyl (C=O) groups excluding carboxylic acids is 1. The zero-order valence-corrected chi connectivity index (χ0v) is 39.3. The van der Waals surface area contributed by atoms with E-state index in [1.165, 1.54) is 0 Å². The summed E-state index contributed by atoms with van der Waals surface area (Å²) in [5, 5.41) is 17.9. The fourth-order valence-corrected chi connectivity index (χ4v) is 9.17. The fourth-order valence-electron chi connectivity index (χ4n) is 9.17. The second-order valence-electron chi connectivity index (χ2n) is 17.2. The summed E-state index contributed by atoms with van der Waals surface area (Å²) in [5.74, 6) is 2.27. The van der Waals surface area contributed by atoms with Crippen molar-refractivity contribution in [3.8, 4) is 23.0 Å². The van der Waals surface area contributed by atoms with Crippen LogP contribution < -0.4 is 29.0 Å². The molecule has 0 N–H and O–H groups in total. The van der Waals surface area contributed by atoms with Crippen molar-refractivity contribution in [3.63, 3.8) is 0 Å². The smallest absolute Gasteiger partial charge is 0.200 e. The first kappa shape index (κ1) is 45.3. The molecule has 5 aromatic carbocycles. The molecule has 0 fully saturated rings. The van der Waals surface area contributed by atoms with E-state index < -0.39 is 0 Å². The maximum Gasteiger partial charge on any atom is 0.200 e. The van der Waals surface area contributed by atoms with Gasteiger partial charge in [0.1, 0.15) is 71.5 Å². The van der Waals surface area contributed by atoms with E-state index in [9.17, 15) is 9.90 Å². The van der Waals surface area contributed by atoms with Crippen LogP contribution in [0.5, 0.6) is 23.0 Å². The quantitative estimate of drug-likeness (QED) is 0.0602. The van der Waals surface area contributed by atoms with Crippen LogP contribution in [0.15, 0.2) is 212 Å². The van der Waals surface area contributed by atoms with Gasteiger partial charge in [-0.15, -0.1) is 0 Å². The molecule has 0 saturated carbocycles. The van der Waals surface area contributed by atoms with Crippen LogP contribution in [0.4, 0.5) is 5.69 Å². The molecule has 2 aliphatic carbocycles. The number of anilines is 1. The monoisotopic (exact) mass is 948 g/mol. The molecule has 354 valence electrons. The van der Waals surface area contributed by atoms with Crippen LogP contribution >= 0.6 is 0 Å². The Morgan fingerprint density at radius 2 is 0.833 bits per heavy atom. The average Bonchev–Trinajstić information content (AvgIpc) is 3.43. The standard InChI is InChI=1S/C60H48N6O6/c67-59-53(41-21-25-47(26-22-41)65(33-37-69-49-17-1-9-43-13-5-29-61-55(43)49)34-38-70-50-18-2-10-44-14-6-30-62-56(44)50)60(68)54(59)42-23-27-48(28-24-42)66(35-39-71-51-19-3-11-45-15-7-31-63-57(45)51)36-40-72-52-20-4-12-46-16-8-32-64-58(46)52/h1-32H,33-40H2. The fraction of sp³-hybridized carbons (Fsp3) is 0.133. The normalized spacial score (nSPS) is 13.3. The second kappa shape index (κ2) is 20.8. The number of carbonyl (C=O) groups is 1. The predicted molar refractivity (Wildman–Crippen MR) is 280 cm³/mol. The number of hydrogen-bond acceptors (Lipinski definition) is 11. The highest BCUT2D eigenvalue weighted by Crippen LogP contribution is 2.38. The average molecular weight is 949 g/mol. The van der Waals surface area contributed by atoms with Crippen molar-refractivity contribution in [2.45, 2.75) is 0 Å². The van der Waals surface area contributed by atoms with Crippen LogP contribution in [0.1, 0.15) is 5.56 Å². The number of allylic oxidation sites excluding steroid dienone is 7. The van der Waals surface area contributed by atoms with Gasteiger partial charge in [-0.3, -0.25) is 24.7 Å². The van der Waals surface area contributed by atoms with Gasteiger partial charge in [0, 0.05) is 75.3 Å². The third-order valence-corrected chi connectivity index (χ3v) is 12.8. The van der Waals surface area contributed by atoms with Crippen molar-refractivity contribution in [2.24, 2.45) is 0 Å². The van der Waals surface area contributed by atoms with Gasteiger partial charge in [0.15, 0.2) is 24.6 Å². The number of nitrogens with zero attached hydrogens (tertiary/aromatic N) is 6. The van der Waals surface area contributed by atoms with Crippen LogP contribution in [-0.2, 0) is 4.79 Å². The van der Waals surface area contributed by atoms with Crippen LogP contribution in [0.3, 0.4) is 0 Å². The van der Waals surface area contributed by atoms with Crippen molar-refractivity contribution in [3.05, 3.63) is 217 Å². The number of rotatable bonds is 18. The molecule has 12 heteroatoms. The summed E-state index contributed by atoms with van der Waals surface area (Å²) < 4.78 is 27.4. The molecule has 0 spiro atoms. The molecule has 2 aliphatic rings. The Labute approximate surface area is 415 Å². The predicted octanol–water partition coefficient (Wildman–Crippen LogP) is 9.53. The number of benzene rings is 5. The zero-order valence-electron chi connectivity index (χ0n) is 39.3. The summed E-state index contributed by atoms with van der Waals surface area (Å²) >= 11 is 0. The van der Waals surface area contributed by atoms with Crippen molar-refractivity contribution >= 4 is 66.4 Å². The van der Waals surface area contributed by atoms with Gasteiger partial charge in [-0.05, 0) is 84.0 Å². The van der Waals surface area contributed by atoms with E-state index in [1.54, 1.807) is 24.8 Å². The summed E-state index contributed by atoms with van der Waals surface area (Å²) in [6, 6.07) is 46.8. The van der Waals surface area contributed by atoms with E-state index in [0.29, 0.717) is 86.7 Å². The molecule has 0 amide bonds. The molecule has 4 heterocycles. The largest absolute Gasteiger partial charge is 0.871 e. The highest BCUT2D eigenvalue weighted by molar-refractivity contribution is 6.39. The number of Topliss-reactive ketones (excluding diaryl/α,β-unsaturated/α-hetero) is 1. The first-order valence-corrected chi connectivity index (χ1v) is 24.0. The first-order valence-electron chi connectivity index (χ1n) is 24.0. The second-order valence-corrected chi connectivity index (χ2v) is 17.2. The summed E-state index contributed by atoms with van der Waals surface area (Å²) in [4.78, 5) is 34.2. The van der Waals surface area contributed by atoms with Gasteiger partial charge in [0.05, 0.1) is 13.1 Å². The van der Waals surface area contributed by atoms with Gasteiger partial charge in [0.25, 0.3) is 0 Å². The van der Waals surface area contributed by atoms with Gasteiger partial charge < -0.3 is 29.0 Å². The maximum atomic E-state index is 13.9. The molecular weight excluding hydrogens is 901 g/mol. The summed E-state index contributed by atoms with van der Waals surface area (Å²) in [6.45, 7) is 3.64. The van der Waals surface area contributed by atoms with Crippen molar-refractivity contribution < 1.29 is 33.4 Å². The number of pyridine rings is 4. The minimum Gasteiger partial charge on any atom is -0.871 e. The van der Waals surface area contributed by atoms with Crippen molar-refractivity contribution in [1.82, 2.24) is 19.9 Å². The third kappa shape index (κ3) is 9.58. The van der Waals surface area contributed by atoms with E-state index in [-0.39, 0.29) is 22.7 Å². The summed E-state index contributed by atoms with van der Waals surface area (Å²) in [5.41, 5.74) is 6.48. The zero-order chi connectivity index (χ0) is 48.6. The number of aromatic nitrogens is 4. The molecule has 0 aliphatic heterocycles. The van der Waals surface area contributed by atoms with Crippen molar-refractivity contribution in [2.75, 3.05) is 57.5 Å². The third-order valence-electron chi connectivity index (χ3n) is 12.8. The molecular formula is C60H48N6O6. The van der Waals surface area contributed by atoms with E-state index >= 15 is 0 Å². The minimum atomic E-state index is -0.280. The lowest BCUT2D eigenvalue weighted by molar-refractivity contribution is -0.529. The van der Waals surface area contributed by atoms with Crippen molar-refractivity contribution in [1.29, 1.82) is 0 Å². The SMILES string of the molecule is O=C1C(=C2C=CC(=[N+](CCOc3cccc4cccnc34)CCOc3cccc4cccnc34)C=C2)C([O-])=C1c1ccc(N(CCOc2cccc3cccnc23)CCOc2cccc3cccnc23)cc1. The Kier molecular flexibility index (Phi) is 13.1. The molecule has 4 aromatic heterocycles. The van der Waals surface area contributed by atoms with E-state index in [1.807, 2.05) is 170 Å². The molecule has 12 nitrogen and oxygen atoms in total. The molecule has 0 saturated heterocycles. The number of ether oxygens (including phenoxy) is 4. The molecule has 0 unspecified atom stereocenters. The summed E-state index contributed by atoms with van der Waals surface area (Å²) in [6.07, 6.45) is 14.6. The number of fused-ring (bicyclic) bond motifs is 4. The first-order chi connectivity index (χ1) is 35.6. The summed E-state index contributed by atoms with van der Waals surface area (Å²) in [7, 11) is 0. The highest BCUT2D eigenvalue weighted by Gasteiger charge is 2.31. The molecule has 0 bridgehead atoms. The van der Waals surface area contributed by atoms with Gasteiger partial charge >= 0.3 is 0 Å². The lowest BCUT2D eigenvalue weighted by atomic mass is 9.80.